The van der Waals surface area contributed by atoms with Crippen LogP contribution in [0.5, 0.6) is 5.75 Å². The maximum absolute atomic E-state index is 12.3. The van der Waals surface area contributed by atoms with Crippen molar-refractivity contribution in [3.63, 3.8) is 0 Å². The third-order valence-corrected chi connectivity index (χ3v) is 4.79. The maximum Gasteiger partial charge on any atom is 0.340 e. The fraction of sp³-hybridized carbons (Fsp3) is 0.100. The van der Waals surface area contributed by atoms with Crippen molar-refractivity contribution < 1.29 is 23.5 Å². The summed E-state index contributed by atoms with van der Waals surface area (Å²) in [5.74, 6) is -0.428. The Balaban J connectivity index is 1.37. The average molecular weight is 409 g/mol. The van der Waals surface area contributed by atoms with Crippen molar-refractivity contribution in [1.29, 1.82) is 0 Å². The molecule has 2 heterocycles. The van der Waals surface area contributed by atoms with Crippen LogP contribution < -0.4 is 10.1 Å². The van der Waals surface area contributed by atoms with Crippen LogP contribution in [0.3, 0.4) is 0 Å². The van der Waals surface area contributed by atoms with E-state index < -0.39 is 18.5 Å². The van der Waals surface area contributed by atoms with Gasteiger partial charge in [0.15, 0.2) is 23.7 Å². The predicted molar refractivity (Wildman–Crippen MR) is 107 cm³/mol. The van der Waals surface area contributed by atoms with Crippen LogP contribution in [0.15, 0.2) is 58.7 Å². The Morgan fingerprint density at radius 2 is 2.07 bits per heavy atom. The van der Waals surface area contributed by atoms with E-state index in [0.717, 1.165) is 11.3 Å². The molecule has 0 atom stereocenters. The van der Waals surface area contributed by atoms with Crippen molar-refractivity contribution >= 4 is 39.4 Å². The first kappa shape index (κ1) is 18.6. The second-order valence-corrected chi connectivity index (χ2v) is 6.76. The Hall–Kier alpha value is -3.72. The number of thiazole rings is 1. The number of esters is 1. The summed E-state index contributed by atoms with van der Waals surface area (Å²) >= 11 is 1.27. The van der Waals surface area contributed by atoms with Crippen molar-refractivity contribution in [2.45, 2.75) is 0 Å². The molecule has 4 rings (SSSR count). The molecule has 146 valence electrons. The van der Waals surface area contributed by atoms with Gasteiger partial charge >= 0.3 is 5.97 Å². The molecule has 0 aliphatic rings. The minimum atomic E-state index is -0.657. The van der Waals surface area contributed by atoms with Crippen LogP contribution in [0.25, 0.3) is 22.4 Å². The van der Waals surface area contributed by atoms with Crippen LogP contribution >= 0.6 is 11.3 Å². The van der Waals surface area contributed by atoms with Gasteiger partial charge in [-0.3, -0.25) is 10.1 Å². The number of carbonyl (C=O) groups excluding carboxylic acids is 2. The lowest BCUT2D eigenvalue weighted by molar-refractivity contribution is -0.119. The number of anilines is 1. The summed E-state index contributed by atoms with van der Waals surface area (Å²) in [5.41, 5.74) is 2.67. The molecular weight excluding hydrogens is 394 g/mol. The minimum Gasteiger partial charge on any atom is -0.497 e. The highest BCUT2D eigenvalue weighted by molar-refractivity contribution is 7.14. The van der Waals surface area contributed by atoms with Gasteiger partial charge in [-0.15, -0.1) is 11.3 Å². The molecule has 2 aromatic heterocycles. The van der Waals surface area contributed by atoms with Gasteiger partial charge in [-0.05, 0) is 24.3 Å². The lowest BCUT2D eigenvalue weighted by Crippen LogP contribution is -2.21. The van der Waals surface area contributed by atoms with Crippen molar-refractivity contribution in [2.75, 3.05) is 19.0 Å². The minimum absolute atomic E-state index is 0.235. The molecule has 0 aliphatic carbocycles. The van der Waals surface area contributed by atoms with Crippen molar-refractivity contribution in [3.8, 4) is 17.0 Å². The molecule has 8 nitrogen and oxygen atoms in total. The van der Waals surface area contributed by atoms with Crippen LogP contribution in [0.2, 0.25) is 0 Å². The third-order valence-electron chi connectivity index (χ3n) is 4.03. The highest BCUT2D eigenvalue weighted by Crippen LogP contribution is 2.27. The Kier molecular flexibility index (Phi) is 5.21. The zero-order chi connectivity index (χ0) is 20.2. The van der Waals surface area contributed by atoms with E-state index in [0.29, 0.717) is 21.9 Å². The first-order chi connectivity index (χ1) is 14.1. The summed E-state index contributed by atoms with van der Waals surface area (Å²) in [4.78, 5) is 32.8. The molecule has 4 aromatic rings. The highest BCUT2D eigenvalue weighted by Gasteiger charge is 2.16. The predicted octanol–water partition coefficient (Wildman–Crippen LogP) is 3.76. The largest absolute Gasteiger partial charge is 0.497 e. The fourth-order valence-corrected chi connectivity index (χ4v) is 3.40. The number of hydrogen-bond acceptors (Lipinski definition) is 8. The Bertz CT molecular complexity index is 1180. The number of ether oxygens (including phenoxy) is 2. The fourth-order valence-electron chi connectivity index (χ4n) is 2.66. The standard InChI is InChI=1S/C20H15N3O5S/c1-26-13-5-2-4-12(8-13)15-10-29-20(22-15)23-17(24)9-27-19(25)14-6-3-7-16-18(14)21-11-28-16/h2-8,10-11H,9H2,1H3,(H,22,23,24). The van der Waals surface area contributed by atoms with Crippen molar-refractivity contribution in [2.24, 2.45) is 0 Å². The molecule has 0 radical (unpaired) electrons. The number of carbonyl (C=O) groups is 2. The van der Waals surface area contributed by atoms with Gasteiger partial charge < -0.3 is 13.9 Å². The van der Waals surface area contributed by atoms with Gasteiger partial charge in [0.25, 0.3) is 5.91 Å². The summed E-state index contributed by atoms with van der Waals surface area (Å²) in [5, 5.41) is 4.85. The molecule has 2 aromatic carbocycles. The second-order valence-electron chi connectivity index (χ2n) is 5.90. The van der Waals surface area contributed by atoms with Crippen molar-refractivity contribution in [1.82, 2.24) is 9.97 Å². The summed E-state index contributed by atoms with van der Waals surface area (Å²) in [6.07, 6.45) is 1.25. The zero-order valence-electron chi connectivity index (χ0n) is 15.2. The number of aromatic nitrogens is 2. The number of amides is 1. The molecule has 0 saturated heterocycles. The zero-order valence-corrected chi connectivity index (χ0v) is 16.1. The Morgan fingerprint density at radius 1 is 1.21 bits per heavy atom. The monoisotopic (exact) mass is 409 g/mol. The van der Waals surface area contributed by atoms with Gasteiger partial charge in [0.05, 0.1) is 18.4 Å². The van der Waals surface area contributed by atoms with Gasteiger partial charge in [0, 0.05) is 10.9 Å². The van der Waals surface area contributed by atoms with E-state index in [1.807, 2.05) is 29.6 Å². The van der Waals surface area contributed by atoms with E-state index in [-0.39, 0.29) is 5.56 Å². The summed E-state index contributed by atoms with van der Waals surface area (Å²) in [7, 11) is 1.59. The van der Waals surface area contributed by atoms with Gasteiger partial charge in [-0.1, -0.05) is 18.2 Å². The molecule has 0 bridgehead atoms. The van der Waals surface area contributed by atoms with Crippen LogP contribution in [0, 0.1) is 0 Å². The van der Waals surface area contributed by atoms with Gasteiger partial charge in [-0.25, -0.2) is 14.8 Å². The Labute approximate surface area is 169 Å². The van der Waals surface area contributed by atoms with E-state index in [2.05, 4.69) is 15.3 Å². The lowest BCUT2D eigenvalue weighted by atomic mass is 10.2. The molecule has 0 spiro atoms. The number of hydrogen-bond donors (Lipinski definition) is 1. The second kappa shape index (κ2) is 8.11. The van der Waals surface area contributed by atoms with Crippen LogP contribution in [0.1, 0.15) is 10.4 Å². The van der Waals surface area contributed by atoms with E-state index in [4.69, 9.17) is 13.9 Å². The molecule has 1 amide bonds. The van der Waals surface area contributed by atoms with Crippen LogP contribution in [-0.2, 0) is 9.53 Å². The number of oxazole rings is 1. The van der Waals surface area contributed by atoms with Crippen molar-refractivity contribution in [3.05, 3.63) is 59.8 Å². The van der Waals surface area contributed by atoms with E-state index >= 15 is 0 Å². The van der Waals surface area contributed by atoms with Crippen LogP contribution in [-0.4, -0.2) is 35.6 Å². The molecule has 0 unspecified atom stereocenters. The third kappa shape index (κ3) is 4.09. The molecular formula is C20H15N3O5S. The number of nitrogens with zero attached hydrogens (tertiary/aromatic N) is 2. The number of methoxy groups -OCH3 is 1. The summed E-state index contributed by atoms with van der Waals surface area (Å²) in [6.45, 7) is -0.443. The number of para-hydroxylation sites is 1. The number of nitrogens with one attached hydrogen (secondary N) is 1. The lowest BCUT2D eigenvalue weighted by Gasteiger charge is -2.05. The number of rotatable bonds is 6. The van der Waals surface area contributed by atoms with Gasteiger partial charge in [0.2, 0.25) is 0 Å². The first-order valence-corrected chi connectivity index (χ1v) is 9.41. The normalized spacial score (nSPS) is 10.7. The summed E-state index contributed by atoms with van der Waals surface area (Å²) < 4.78 is 15.4. The summed E-state index contributed by atoms with van der Waals surface area (Å²) in [6, 6.07) is 12.4. The smallest absolute Gasteiger partial charge is 0.340 e. The molecule has 9 heteroatoms. The topological polar surface area (TPSA) is 104 Å². The average Bonchev–Trinajstić information content (AvgIpc) is 3.41. The number of benzene rings is 2. The maximum atomic E-state index is 12.3. The molecule has 0 fully saturated rings. The molecule has 0 aliphatic heterocycles. The van der Waals surface area contributed by atoms with E-state index in [1.165, 1.54) is 17.7 Å². The van der Waals surface area contributed by atoms with E-state index in [9.17, 15) is 9.59 Å². The first-order valence-electron chi connectivity index (χ1n) is 8.53. The molecule has 0 saturated carbocycles. The highest BCUT2D eigenvalue weighted by atomic mass is 32.1. The van der Waals surface area contributed by atoms with Crippen LogP contribution in [0.4, 0.5) is 5.13 Å². The SMILES string of the molecule is COc1cccc(-c2csc(NC(=O)COC(=O)c3cccc4ocnc34)n2)c1. The van der Waals surface area contributed by atoms with Gasteiger partial charge in [0.1, 0.15) is 11.3 Å². The number of fused-ring (bicyclic) bond motifs is 1. The molecule has 1 N–H and O–H groups in total. The van der Waals surface area contributed by atoms with E-state index in [1.54, 1.807) is 25.3 Å². The quantitative estimate of drug-likeness (QED) is 0.484. The molecule has 29 heavy (non-hydrogen) atoms. The Morgan fingerprint density at radius 3 is 2.93 bits per heavy atom. The van der Waals surface area contributed by atoms with Gasteiger partial charge in [-0.2, -0.15) is 0 Å².